The number of hydrogen-bond donors (Lipinski definition) is 1. The number of anilines is 1. The van der Waals surface area contributed by atoms with Gasteiger partial charge < -0.3 is 14.6 Å². The first-order valence-electron chi connectivity index (χ1n) is 6.79. The lowest BCUT2D eigenvalue weighted by Crippen LogP contribution is -2.17. The summed E-state index contributed by atoms with van der Waals surface area (Å²) in [6, 6.07) is 4.68. The molecule has 1 N–H and O–H groups in total. The average Bonchev–Trinajstić information content (AvgIpc) is 2.85. The van der Waals surface area contributed by atoms with Crippen molar-refractivity contribution in [3.8, 4) is 5.75 Å². The normalized spacial score (nSPS) is 11.6. The Bertz CT molecular complexity index is 708. The van der Waals surface area contributed by atoms with Crippen LogP contribution in [0.2, 0.25) is 0 Å². The minimum absolute atomic E-state index is 0.0702. The lowest BCUT2D eigenvalue weighted by atomic mass is 10.1. The van der Waals surface area contributed by atoms with Gasteiger partial charge in [-0.1, -0.05) is 5.16 Å². The van der Waals surface area contributed by atoms with Crippen molar-refractivity contribution in [1.82, 2.24) is 5.16 Å². The molecule has 1 heterocycles. The highest BCUT2D eigenvalue weighted by atomic mass is 19.4. The van der Waals surface area contributed by atoms with Gasteiger partial charge in [0.05, 0.1) is 23.0 Å². The number of halogens is 3. The molecular formula is C15H15F3N2O3. The van der Waals surface area contributed by atoms with Crippen LogP contribution in [0.5, 0.6) is 5.75 Å². The number of aryl methyl sites for hydroxylation is 1. The van der Waals surface area contributed by atoms with Crippen molar-refractivity contribution < 1.29 is 27.2 Å². The molecule has 2 aromatic rings. The van der Waals surface area contributed by atoms with E-state index >= 15 is 0 Å². The van der Waals surface area contributed by atoms with Gasteiger partial charge in [-0.15, -0.1) is 0 Å². The number of amides is 1. The van der Waals surface area contributed by atoms with Gasteiger partial charge in [0.2, 0.25) is 5.76 Å². The Morgan fingerprint density at radius 2 is 2.00 bits per heavy atom. The van der Waals surface area contributed by atoms with E-state index in [1.165, 1.54) is 12.1 Å². The number of ether oxygens (including phenoxy) is 1. The second-order valence-corrected chi connectivity index (χ2v) is 5.16. The van der Waals surface area contributed by atoms with Crippen molar-refractivity contribution in [2.75, 3.05) is 5.32 Å². The number of aromatic nitrogens is 1. The highest BCUT2D eigenvalue weighted by molar-refractivity contribution is 6.02. The Kier molecular flexibility index (Phi) is 4.63. The maximum atomic E-state index is 13.2. The zero-order valence-corrected chi connectivity index (χ0v) is 12.7. The van der Waals surface area contributed by atoms with Gasteiger partial charge in [-0.05, 0) is 39.0 Å². The van der Waals surface area contributed by atoms with Crippen LogP contribution in [0, 0.1) is 6.92 Å². The smallest absolute Gasteiger partial charge is 0.418 e. The fraction of sp³-hybridized carbons (Fsp3) is 0.333. The summed E-state index contributed by atoms with van der Waals surface area (Å²) in [5, 5.41) is 5.70. The van der Waals surface area contributed by atoms with Gasteiger partial charge in [-0.25, -0.2) is 0 Å². The van der Waals surface area contributed by atoms with E-state index in [0.717, 1.165) is 12.1 Å². The first kappa shape index (κ1) is 16.9. The Labute approximate surface area is 130 Å². The predicted molar refractivity (Wildman–Crippen MR) is 76.4 cm³/mol. The summed E-state index contributed by atoms with van der Waals surface area (Å²) < 4.78 is 49.5. The van der Waals surface area contributed by atoms with Crippen LogP contribution in [-0.4, -0.2) is 17.2 Å². The first-order valence-corrected chi connectivity index (χ1v) is 6.79. The second kappa shape index (κ2) is 6.31. The molecule has 1 aromatic heterocycles. The lowest BCUT2D eigenvalue weighted by Gasteiger charge is -2.16. The average molecular weight is 328 g/mol. The summed E-state index contributed by atoms with van der Waals surface area (Å²) in [6.45, 7) is 5.00. The van der Waals surface area contributed by atoms with Crippen molar-refractivity contribution in [2.45, 2.75) is 33.1 Å². The number of nitrogens with zero attached hydrogens (tertiary/aromatic N) is 1. The van der Waals surface area contributed by atoms with Crippen molar-refractivity contribution in [3.63, 3.8) is 0 Å². The predicted octanol–water partition coefficient (Wildman–Crippen LogP) is 4.04. The van der Waals surface area contributed by atoms with Crippen molar-refractivity contribution in [2.24, 2.45) is 0 Å². The van der Waals surface area contributed by atoms with Gasteiger partial charge in [0.15, 0.2) is 0 Å². The molecule has 0 bridgehead atoms. The van der Waals surface area contributed by atoms with E-state index in [-0.39, 0.29) is 23.3 Å². The molecule has 0 aliphatic heterocycles. The van der Waals surface area contributed by atoms with E-state index in [9.17, 15) is 18.0 Å². The summed E-state index contributed by atoms with van der Waals surface area (Å²) in [5.74, 6) is -0.910. The van der Waals surface area contributed by atoms with Crippen LogP contribution in [0.25, 0.3) is 0 Å². The minimum atomic E-state index is -4.64. The third-order valence-electron chi connectivity index (χ3n) is 2.77. The number of carbonyl (C=O) groups excluding carboxylic acids is 1. The van der Waals surface area contributed by atoms with Crippen molar-refractivity contribution >= 4 is 11.6 Å². The largest absolute Gasteiger partial charge is 0.491 e. The highest BCUT2D eigenvalue weighted by Crippen LogP contribution is 2.37. The van der Waals surface area contributed by atoms with Crippen LogP contribution in [-0.2, 0) is 6.18 Å². The Morgan fingerprint density at radius 1 is 1.30 bits per heavy atom. The molecule has 0 spiro atoms. The quantitative estimate of drug-likeness (QED) is 0.920. The van der Waals surface area contributed by atoms with E-state index in [4.69, 9.17) is 9.26 Å². The zero-order chi connectivity index (χ0) is 17.2. The van der Waals surface area contributed by atoms with E-state index in [0.29, 0.717) is 5.69 Å². The number of rotatable bonds is 4. The van der Waals surface area contributed by atoms with Gasteiger partial charge in [0.25, 0.3) is 5.91 Å². The molecule has 0 saturated heterocycles. The molecule has 0 radical (unpaired) electrons. The summed E-state index contributed by atoms with van der Waals surface area (Å²) in [7, 11) is 0. The Morgan fingerprint density at radius 3 is 2.52 bits per heavy atom. The van der Waals surface area contributed by atoms with Gasteiger partial charge in [-0.2, -0.15) is 13.2 Å². The summed E-state index contributed by atoms with van der Waals surface area (Å²) >= 11 is 0. The third kappa shape index (κ3) is 4.24. The molecule has 1 aromatic carbocycles. The van der Waals surface area contributed by atoms with Gasteiger partial charge in [0.1, 0.15) is 5.75 Å². The minimum Gasteiger partial charge on any atom is -0.491 e. The monoisotopic (exact) mass is 328 g/mol. The molecule has 1 amide bonds. The van der Waals surface area contributed by atoms with Crippen LogP contribution >= 0.6 is 0 Å². The molecule has 0 atom stereocenters. The van der Waals surface area contributed by atoms with E-state index < -0.39 is 17.6 Å². The van der Waals surface area contributed by atoms with Gasteiger partial charge in [-0.3, -0.25) is 4.79 Å². The maximum absolute atomic E-state index is 13.2. The molecular weight excluding hydrogens is 313 g/mol. The lowest BCUT2D eigenvalue weighted by molar-refractivity contribution is -0.137. The molecule has 5 nitrogen and oxygen atoms in total. The summed E-state index contributed by atoms with van der Waals surface area (Å²) in [5.41, 5.74) is -0.931. The SMILES string of the molecule is Cc1cc(C(=O)Nc2ccc(OC(C)C)cc2C(F)(F)F)on1. The van der Waals surface area contributed by atoms with Crippen molar-refractivity contribution in [1.29, 1.82) is 0 Å². The summed E-state index contributed by atoms with van der Waals surface area (Å²) in [6.07, 6.45) is -4.91. The fourth-order valence-electron chi connectivity index (χ4n) is 1.87. The molecule has 124 valence electrons. The van der Waals surface area contributed by atoms with Gasteiger partial charge in [0, 0.05) is 6.07 Å². The Balaban J connectivity index is 2.32. The molecule has 0 saturated carbocycles. The molecule has 0 aliphatic carbocycles. The van der Waals surface area contributed by atoms with E-state index in [2.05, 4.69) is 10.5 Å². The molecule has 8 heteroatoms. The Hall–Kier alpha value is -2.51. The molecule has 23 heavy (non-hydrogen) atoms. The van der Waals surface area contributed by atoms with E-state index in [1.54, 1.807) is 20.8 Å². The number of alkyl halides is 3. The van der Waals surface area contributed by atoms with E-state index in [1.807, 2.05) is 0 Å². The van der Waals surface area contributed by atoms with Crippen LogP contribution in [0.1, 0.15) is 35.7 Å². The van der Waals surface area contributed by atoms with Crippen LogP contribution in [0.15, 0.2) is 28.8 Å². The molecule has 2 rings (SSSR count). The highest BCUT2D eigenvalue weighted by Gasteiger charge is 2.35. The van der Waals surface area contributed by atoms with Crippen LogP contribution in [0.3, 0.4) is 0 Å². The van der Waals surface area contributed by atoms with Gasteiger partial charge >= 0.3 is 6.18 Å². The number of benzene rings is 1. The van der Waals surface area contributed by atoms with Crippen LogP contribution < -0.4 is 10.1 Å². The molecule has 0 aliphatic rings. The fourth-order valence-corrected chi connectivity index (χ4v) is 1.87. The number of hydrogen-bond acceptors (Lipinski definition) is 4. The van der Waals surface area contributed by atoms with Crippen molar-refractivity contribution in [3.05, 3.63) is 41.3 Å². The summed E-state index contributed by atoms with van der Waals surface area (Å²) in [4.78, 5) is 11.9. The maximum Gasteiger partial charge on any atom is 0.418 e. The zero-order valence-electron chi connectivity index (χ0n) is 12.7. The standard InChI is InChI=1S/C15H15F3N2O3/c1-8(2)22-10-4-5-12(11(7-10)15(16,17)18)19-14(21)13-6-9(3)20-23-13/h4-8H,1-3H3,(H,19,21). The third-order valence-corrected chi connectivity index (χ3v) is 2.77. The number of nitrogens with one attached hydrogen (secondary N) is 1. The molecule has 0 fully saturated rings. The number of carbonyl (C=O) groups is 1. The van der Waals surface area contributed by atoms with Crippen LogP contribution in [0.4, 0.5) is 18.9 Å². The topological polar surface area (TPSA) is 64.4 Å². The second-order valence-electron chi connectivity index (χ2n) is 5.16. The first-order chi connectivity index (χ1) is 10.7. The molecule has 0 unspecified atom stereocenters.